The molecule has 128 valence electrons. The zero-order valence-electron chi connectivity index (χ0n) is 16.1. The molecule has 0 aromatic heterocycles. The Balaban J connectivity index is 4.21. The van der Waals surface area contributed by atoms with Crippen molar-refractivity contribution in [2.24, 2.45) is 23.7 Å². The molecule has 0 saturated carbocycles. The monoisotopic (exact) mass is 330 g/mol. The van der Waals surface area contributed by atoms with Gasteiger partial charge in [0.1, 0.15) is 19.5 Å². The first-order chi connectivity index (χ1) is 9.70. The predicted octanol–water partition coefficient (Wildman–Crippen LogP) is 4.93. The Hall–Kier alpha value is 0.394. The van der Waals surface area contributed by atoms with Crippen molar-refractivity contribution < 1.29 is 4.12 Å². The van der Waals surface area contributed by atoms with E-state index in [1.54, 1.807) is 0 Å². The molecule has 0 aliphatic rings. The average molecular weight is 331 g/mol. The van der Waals surface area contributed by atoms with Gasteiger partial charge in [0.25, 0.3) is 0 Å². The Bertz CT molecular complexity index is 195. The van der Waals surface area contributed by atoms with Crippen LogP contribution in [0.15, 0.2) is 0 Å². The Morgan fingerprint density at radius 1 is 0.524 bits per heavy atom. The van der Waals surface area contributed by atoms with Crippen LogP contribution < -0.4 is 0 Å². The molecule has 0 rings (SSSR count). The summed E-state index contributed by atoms with van der Waals surface area (Å²) in [6, 6.07) is 0. The van der Waals surface area contributed by atoms with Gasteiger partial charge < -0.3 is 4.12 Å². The molecule has 0 amide bonds. The molecule has 0 saturated heterocycles. The van der Waals surface area contributed by atoms with Crippen molar-refractivity contribution in [2.45, 2.75) is 92.2 Å². The molecule has 0 spiro atoms. The fraction of sp³-hybridized carbons (Fsp3) is 1.00. The van der Waals surface area contributed by atoms with Crippen LogP contribution >= 0.6 is 0 Å². The summed E-state index contributed by atoms with van der Waals surface area (Å²) in [6.07, 6.45) is 5.55. The van der Waals surface area contributed by atoms with E-state index in [-0.39, 0.29) is 19.5 Å². The smallest absolute Gasteiger partial charge is 0.149 e. The predicted molar refractivity (Wildman–Crippen MR) is 103 cm³/mol. The SMILES string of the molecule is CC(C)CC(CC(C)C)[SiH2]O[SiH2]C(CC(C)C)CC(C)C. The van der Waals surface area contributed by atoms with Crippen molar-refractivity contribution in [1.29, 1.82) is 0 Å². The summed E-state index contributed by atoms with van der Waals surface area (Å²) in [6.45, 7) is 18.9. The van der Waals surface area contributed by atoms with Gasteiger partial charge in [0.15, 0.2) is 0 Å². The molecule has 0 aliphatic heterocycles. The summed E-state index contributed by atoms with van der Waals surface area (Å²) < 4.78 is 6.44. The third kappa shape index (κ3) is 13.8. The van der Waals surface area contributed by atoms with E-state index in [0.717, 1.165) is 34.8 Å². The van der Waals surface area contributed by atoms with Crippen LogP contribution in [-0.2, 0) is 4.12 Å². The molecule has 0 heterocycles. The number of hydrogen-bond acceptors (Lipinski definition) is 1. The van der Waals surface area contributed by atoms with Crippen LogP contribution in [0.25, 0.3) is 0 Å². The Morgan fingerprint density at radius 2 is 0.762 bits per heavy atom. The lowest BCUT2D eigenvalue weighted by Gasteiger charge is -2.24. The second-order valence-corrected chi connectivity index (χ2v) is 13.4. The molecule has 0 aliphatic carbocycles. The highest BCUT2D eigenvalue weighted by Crippen LogP contribution is 2.27. The maximum absolute atomic E-state index is 6.44. The van der Waals surface area contributed by atoms with Gasteiger partial charge in [0.05, 0.1) is 0 Å². The van der Waals surface area contributed by atoms with Gasteiger partial charge in [-0.05, 0) is 60.4 Å². The van der Waals surface area contributed by atoms with Crippen molar-refractivity contribution >= 4 is 19.5 Å². The van der Waals surface area contributed by atoms with E-state index in [0.29, 0.717) is 0 Å². The first-order valence-electron chi connectivity index (χ1n) is 9.28. The van der Waals surface area contributed by atoms with Gasteiger partial charge in [-0.25, -0.2) is 0 Å². The fourth-order valence-corrected chi connectivity index (χ4v) is 9.95. The highest BCUT2D eigenvalue weighted by molar-refractivity contribution is 6.44. The van der Waals surface area contributed by atoms with E-state index in [2.05, 4.69) is 55.4 Å². The minimum atomic E-state index is -0.309. The topological polar surface area (TPSA) is 9.23 Å². The van der Waals surface area contributed by atoms with E-state index in [1.807, 2.05) is 0 Å². The quantitative estimate of drug-likeness (QED) is 0.461. The lowest BCUT2D eigenvalue weighted by molar-refractivity contribution is 0.434. The van der Waals surface area contributed by atoms with Crippen LogP contribution in [0, 0.1) is 23.7 Å². The molecule has 0 aromatic carbocycles. The van der Waals surface area contributed by atoms with Gasteiger partial charge in [-0.15, -0.1) is 0 Å². The molecule has 0 radical (unpaired) electrons. The maximum Gasteiger partial charge on any atom is 0.149 e. The van der Waals surface area contributed by atoms with E-state index in [9.17, 15) is 0 Å². The van der Waals surface area contributed by atoms with E-state index in [1.165, 1.54) is 25.7 Å². The fourth-order valence-electron chi connectivity index (χ4n) is 3.53. The van der Waals surface area contributed by atoms with Crippen molar-refractivity contribution in [2.75, 3.05) is 0 Å². The molecule has 0 aromatic rings. The van der Waals surface area contributed by atoms with Gasteiger partial charge in [-0.2, -0.15) is 0 Å². The van der Waals surface area contributed by atoms with Crippen LogP contribution in [0.2, 0.25) is 11.1 Å². The van der Waals surface area contributed by atoms with Gasteiger partial charge in [0, 0.05) is 0 Å². The Morgan fingerprint density at radius 3 is 0.952 bits per heavy atom. The molecule has 0 N–H and O–H groups in total. The summed E-state index contributed by atoms with van der Waals surface area (Å²) in [5.74, 6) is 3.31. The van der Waals surface area contributed by atoms with Crippen LogP contribution in [0.3, 0.4) is 0 Å². The minimum Gasteiger partial charge on any atom is -0.465 e. The van der Waals surface area contributed by atoms with Crippen molar-refractivity contribution in [3.63, 3.8) is 0 Å². The van der Waals surface area contributed by atoms with Gasteiger partial charge >= 0.3 is 0 Å². The third-order valence-electron chi connectivity index (χ3n) is 3.93. The first-order valence-corrected chi connectivity index (χ1v) is 12.1. The Kier molecular flexibility index (Phi) is 12.1. The second-order valence-electron chi connectivity index (χ2n) is 8.79. The molecule has 3 heteroatoms. The van der Waals surface area contributed by atoms with Crippen LogP contribution in [0.4, 0.5) is 0 Å². The van der Waals surface area contributed by atoms with Crippen LogP contribution in [0.1, 0.15) is 81.1 Å². The van der Waals surface area contributed by atoms with Crippen molar-refractivity contribution in [3.8, 4) is 0 Å². The number of hydrogen-bond donors (Lipinski definition) is 0. The molecule has 0 fully saturated rings. The van der Waals surface area contributed by atoms with E-state index in [4.69, 9.17) is 4.12 Å². The maximum atomic E-state index is 6.44. The first kappa shape index (κ1) is 21.4. The summed E-state index contributed by atoms with van der Waals surface area (Å²) >= 11 is 0. The highest BCUT2D eigenvalue weighted by atomic mass is 28.3. The normalized spacial score (nSPS) is 14.0. The standard InChI is InChI=1S/C18H42OSi2/c1-13(2)9-17(10-14(3)4)20-19-21-18(11-15(5)6)12-16(7)8/h13-18H,9-12,20-21H2,1-8H3. The zero-order chi connectivity index (χ0) is 16.4. The molecule has 1 nitrogen and oxygen atoms in total. The largest absolute Gasteiger partial charge is 0.465 e. The zero-order valence-corrected chi connectivity index (χ0v) is 18.9. The van der Waals surface area contributed by atoms with E-state index >= 15 is 0 Å². The summed E-state index contributed by atoms with van der Waals surface area (Å²) in [5.41, 5.74) is 1.83. The molecule has 21 heavy (non-hydrogen) atoms. The van der Waals surface area contributed by atoms with Gasteiger partial charge in [0.2, 0.25) is 0 Å². The summed E-state index contributed by atoms with van der Waals surface area (Å²) in [7, 11) is -0.618. The molecular weight excluding hydrogens is 288 g/mol. The molecule has 0 atom stereocenters. The molecule has 0 unspecified atom stereocenters. The summed E-state index contributed by atoms with van der Waals surface area (Å²) in [5, 5.41) is 0. The van der Waals surface area contributed by atoms with Crippen molar-refractivity contribution in [3.05, 3.63) is 0 Å². The van der Waals surface area contributed by atoms with Crippen LogP contribution in [0.5, 0.6) is 0 Å². The van der Waals surface area contributed by atoms with E-state index < -0.39 is 0 Å². The minimum absolute atomic E-state index is 0.309. The number of rotatable bonds is 12. The summed E-state index contributed by atoms with van der Waals surface area (Å²) in [4.78, 5) is 0. The van der Waals surface area contributed by atoms with Crippen molar-refractivity contribution in [1.82, 2.24) is 0 Å². The Labute approximate surface area is 139 Å². The second kappa shape index (κ2) is 11.9. The van der Waals surface area contributed by atoms with Crippen LogP contribution in [-0.4, -0.2) is 19.5 Å². The average Bonchev–Trinajstić information content (AvgIpc) is 2.24. The molecule has 0 bridgehead atoms. The molecular formula is C18H42OSi2. The van der Waals surface area contributed by atoms with Gasteiger partial charge in [-0.3, -0.25) is 0 Å². The van der Waals surface area contributed by atoms with Gasteiger partial charge in [-0.1, -0.05) is 55.4 Å². The third-order valence-corrected chi connectivity index (χ3v) is 8.09. The lowest BCUT2D eigenvalue weighted by atomic mass is 10.0. The lowest BCUT2D eigenvalue weighted by Crippen LogP contribution is -2.19. The highest BCUT2D eigenvalue weighted by Gasteiger charge is 2.17.